The Balaban J connectivity index is 0.00000222. The fourth-order valence-corrected chi connectivity index (χ4v) is 3.13. The predicted octanol–water partition coefficient (Wildman–Crippen LogP) is 3.47. The molecule has 0 saturated heterocycles. The maximum absolute atomic E-state index is 11.7. The number of ether oxygens (including phenoxy) is 1. The molecule has 36 heavy (non-hydrogen) atoms. The van der Waals surface area contributed by atoms with Gasteiger partial charge in [0.1, 0.15) is 11.9 Å². The molecule has 0 radical (unpaired) electrons. The maximum Gasteiger partial charge on any atom is 0.337 e. The molecule has 10 nitrogen and oxygen atoms in total. The lowest BCUT2D eigenvalue weighted by Crippen LogP contribution is -2.35. The van der Waals surface area contributed by atoms with Gasteiger partial charge in [-0.2, -0.15) is 9.35 Å². The van der Waals surface area contributed by atoms with Crippen LogP contribution in [0.4, 0.5) is 0 Å². The van der Waals surface area contributed by atoms with E-state index in [4.69, 9.17) is 4.74 Å². The van der Waals surface area contributed by atoms with Crippen LogP contribution < -0.4 is 5.32 Å². The minimum Gasteiger partial charge on any atom is -0.511 e. The van der Waals surface area contributed by atoms with Crippen LogP contribution >= 0.6 is 18.9 Å². The average molecular weight is 548 g/mol. The van der Waals surface area contributed by atoms with Crippen molar-refractivity contribution in [1.82, 2.24) is 5.32 Å². The van der Waals surface area contributed by atoms with Crippen LogP contribution in [0.25, 0.3) is 0 Å². The molecule has 204 valence electrons. The van der Waals surface area contributed by atoms with Crippen molar-refractivity contribution in [1.29, 1.82) is 0 Å². The van der Waals surface area contributed by atoms with Gasteiger partial charge in [0, 0.05) is 38.8 Å². The molecule has 0 aromatic carbocycles. The number of esters is 1. The largest absolute Gasteiger partial charge is 0.511 e. The highest BCUT2D eigenvalue weighted by molar-refractivity contribution is 7.10. The van der Waals surface area contributed by atoms with Gasteiger partial charge in [-0.05, 0) is 27.2 Å². The number of carbonyl (C=O) groups excluding carboxylic acids is 2. The van der Waals surface area contributed by atoms with E-state index in [9.17, 15) is 24.9 Å². The molecule has 0 aromatic rings. The Bertz CT molecular complexity index is 851. The van der Waals surface area contributed by atoms with E-state index in [0.717, 1.165) is 11.1 Å². The topological polar surface area (TPSA) is 144 Å². The first-order chi connectivity index (χ1) is 16.9. The number of aliphatic hydroxyl groups is 3. The van der Waals surface area contributed by atoms with Crippen molar-refractivity contribution in [2.45, 2.75) is 65.8 Å². The summed E-state index contributed by atoms with van der Waals surface area (Å²) in [6.45, 7) is 8.92. The molecular formula is C24H39NO9P2. The van der Waals surface area contributed by atoms with Gasteiger partial charge in [0.05, 0.1) is 23.7 Å². The highest BCUT2D eigenvalue weighted by atomic mass is 31.0. The van der Waals surface area contributed by atoms with E-state index < -0.39 is 24.3 Å². The molecular weight excluding hydrogens is 508 g/mol. The highest BCUT2D eigenvalue weighted by Gasteiger charge is 2.34. The van der Waals surface area contributed by atoms with Gasteiger partial charge in [-0.15, -0.1) is 0 Å². The van der Waals surface area contributed by atoms with E-state index in [2.05, 4.69) is 19.7 Å². The maximum atomic E-state index is 11.7. The molecule has 0 saturated carbocycles. The summed E-state index contributed by atoms with van der Waals surface area (Å²) in [6, 6.07) is 0. The number of nitrogens with one attached hydrogen (secondary N) is 1. The van der Waals surface area contributed by atoms with Crippen molar-refractivity contribution in [3.63, 3.8) is 0 Å². The second-order valence-corrected chi connectivity index (χ2v) is 8.55. The van der Waals surface area contributed by atoms with E-state index in [1.54, 1.807) is 31.2 Å². The second kappa shape index (κ2) is 19.2. The molecule has 0 aromatic heterocycles. The van der Waals surface area contributed by atoms with Crippen molar-refractivity contribution in [3.05, 3.63) is 58.9 Å². The Labute approximate surface area is 217 Å². The minimum absolute atomic E-state index is 0.00995. The summed E-state index contributed by atoms with van der Waals surface area (Å²) in [5.74, 6) is -1.01. The van der Waals surface area contributed by atoms with Crippen LogP contribution in [0.3, 0.4) is 0 Å². The molecule has 6 unspecified atom stereocenters. The third-order valence-corrected chi connectivity index (χ3v) is 5.27. The van der Waals surface area contributed by atoms with Crippen LogP contribution in [0.1, 0.15) is 47.5 Å². The number of allylic oxidation sites excluding steroid dienone is 4. The van der Waals surface area contributed by atoms with Crippen LogP contribution in [0, 0.1) is 5.92 Å². The number of rotatable bonds is 12. The number of hydrogen-bond donors (Lipinski definition) is 4. The lowest BCUT2D eigenvalue weighted by Gasteiger charge is -2.30. The first-order valence-electron chi connectivity index (χ1n) is 11.2. The summed E-state index contributed by atoms with van der Waals surface area (Å²) in [4.78, 5) is 22.6. The van der Waals surface area contributed by atoms with Crippen LogP contribution in [0.2, 0.25) is 0 Å². The number of carbonyl (C=O) groups is 2. The van der Waals surface area contributed by atoms with E-state index in [1.807, 2.05) is 44.9 Å². The number of cyclic esters (lactones) is 1. The monoisotopic (exact) mass is 547 g/mol. The average Bonchev–Trinajstić information content (AvgIpc) is 2.82. The van der Waals surface area contributed by atoms with Gasteiger partial charge in [0.15, 0.2) is 0 Å². The molecule has 1 aliphatic rings. The third-order valence-electron chi connectivity index (χ3n) is 5.11. The van der Waals surface area contributed by atoms with E-state index in [0.29, 0.717) is 13.0 Å². The Morgan fingerprint density at radius 1 is 1.08 bits per heavy atom. The van der Waals surface area contributed by atoms with Crippen molar-refractivity contribution in [3.8, 4) is 0 Å². The molecule has 0 spiro atoms. The SMILES string of the molecule is CC(=O)NC/C=C(C)/C=C/C(O)C/C=C(C)/C=C/C(O)CC1OC(=O)C(C)=C(O)C1C.POOOP. The molecule has 0 bridgehead atoms. The molecule has 12 heteroatoms. The number of amides is 1. The zero-order chi connectivity index (χ0) is 27.7. The van der Waals surface area contributed by atoms with E-state index in [-0.39, 0.29) is 29.6 Å². The highest BCUT2D eigenvalue weighted by Crippen LogP contribution is 2.28. The second-order valence-electron chi connectivity index (χ2n) is 8.16. The molecule has 1 heterocycles. The zero-order valence-corrected chi connectivity index (χ0v) is 23.7. The van der Waals surface area contributed by atoms with Crippen molar-refractivity contribution < 1.29 is 44.0 Å². The number of aliphatic hydroxyl groups excluding tert-OH is 3. The van der Waals surface area contributed by atoms with Gasteiger partial charge in [-0.25, -0.2) is 4.79 Å². The van der Waals surface area contributed by atoms with Gasteiger partial charge in [0.25, 0.3) is 0 Å². The summed E-state index contributed by atoms with van der Waals surface area (Å²) >= 11 is 0. The zero-order valence-electron chi connectivity index (χ0n) is 21.3. The van der Waals surface area contributed by atoms with Gasteiger partial charge < -0.3 is 25.4 Å². The Hall–Kier alpha value is -1.90. The molecule has 6 atom stereocenters. The standard InChI is InChI=1S/C24H35NO6.H4O3P2/c1-15(6-9-20(27)10-7-16(2)12-13-25-19(5)26)8-11-21(28)14-22-17(3)23(29)18(4)24(30)31-22;4-2-1-3-5/h6-8,10-12,17,20-22,27-29H,9,13-14H2,1-5H3,(H,25,26);4-5H2/b10-7+,11-8+,15-6+,16-12+;. The van der Waals surface area contributed by atoms with E-state index in [1.165, 1.54) is 13.8 Å². The molecule has 4 N–H and O–H groups in total. The molecule has 1 amide bonds. The van der Waals surface area contributed by atoms with Gasteiger partial charge in [0.2, 0.25) is 5.91 Å². The van der Waals surface area contributed by atoms with Crippen LogP contribution in [-0.4, -0.2) is 52.1 Å². The van der Waals surface area contributed by atoms with Crippen LogP contribution in [0.5, 0.6) is 0 Å². The Morgan fingerprint density at radius 2 is 1.64 bits per heavy atom. The lowest BCUT2D eigenvalue weighted by molar-refractivity contribution is -0.399. The quantitative estimate of drug-likeness (QED) is 0.0949. The molecule has 0 fully saturated rings. The first-order valence-corrected chi connectivity index (χ1v) is 12.2. The van der Waals surface area contributed by atoms with Crippen molar-refractivity contribution in [2.75, 3.05) is 6.54 Å². The summed E-state index contributed by atoms with van der Waals surface area (Å²) in [5, 5.41) is 36.8. The predicted molar refractivity (Wildman–Crippen MR) is 143 cm³/mol. The minimum atomic E-state index is -0.837. The summed E-state index contributed by atoms with van der Waals surface area (Å²) in [5.41, 5.74) is 2.01. The molecule has 0 aliphatic carbocycles. The van der Waals surface area contributed by atoms with Crippen molar-refractivity contribution >= 4 is 30.8 Å². The summed E-state index contributed by atoms with van der Waals surface area (Å²) < 4.78 is 13.0. The summed E-state index contributed by atoms with van der Waals surface area (Å²) in [7, 11) is 3.68. The molecule has 1 rings (SSSR count). The van der Waals surface area contributed by atoms with Gasteiger partial charge in [-0.3, -0.25) is 4.79 Å². The van der Waals surface area contributed by atoms with Gasteiger partial charge in [-0.1, -0.05) is 59.6 Å². The molecule has 1 aliphatic heterocycles. The van der Waals surface area contributed by atoms with Crippen molar-refractivity contribution in [2.24, 2.45) is 5.92 Å². The van der Waals surface area contributed by atoms with Crippen LogP contribution in [-0.2, 0) is 28.7 Å². The lowest BCUT2D eigenvalue weighted by atomic mass is 9.92. The fraction of sp³-hybridized carbons (Fsp3) is 0.500. The van der Waals surface area contributed by atoms with E-state index >= 15 is 0 Å². The smallest absolute Gasteiger partial charge is 0.337 e. The first kappa shape index (κ1) is 34.1. The van der Waals surface area contributed by atoms with Crippen LogP contribution in [0.15, 0.2) is 58.9 Å². The fourth-order valence-electron chi connectivity index (χ4n) is 2.94. The normalized spacial score (nSPS) is 20.8. The Morgan fingerprint density at radius 3 is 2.17 bits per heavy atom. The van der Waals surface area contributed by atoms with Gasteiger partial charge >= 0.3 is 5.97 Å². The summed E-state index contributed by atoms with van der Waals surface area (Å²) in [6.07, 6.45) is 9.06. The third kappa shape index (κ3) is 15.3. The number of hydrogen-bond acceptors (Lipinski definition) is 9. The Kier molecular flexibility index (Phi) is 18.2.